The lowest BCUT2D eigenvalue weighted by molar-refractivity contribution is -0.144. The molecule has 2 aliphatic rings. The molecule has 4 rings (SSSR count). The van der Waals surface area contributed by atoms with Crippen molar-refractivity contribution in [3.05, 3.63) is 59.7 Å². The summed E-state index contributed by atoms with van der Waals surface area (Å²) in [7, 11) is 0. The smallest absolute Gasteiger partial charge is 0.416 e. The number of para-hydroxylation sites is 2. The molecule has 0 aromatic heterocycles. The molecule has 2 atom stereocenters. The molecule has 5 nitrogen and oxygen atoms in total. The number of halogens is 3. The lowest BCUT2D eigenvalue weighted by Gasteiger charge is -2.34. The van der Waals surface area contributed by atoms with Gasteiger partial charge in [0.2, 0.25) is 6.10 Å². The lowest BCUT2D eigenvalue weighted by Crippen LogP contribution is -2.51. The molecule has 2 aliphatic heterocycles. The second kappa shape index (κ2) is 8.78. The van der Waals surface area contributed by atoms with Crippen molar-refractivity contribution < 1.29 is 27.4 Å². The van der Waals surface area contributed by atoms with E-state index in [-0.39, 0.29) is 5.91 Å². The summed E-state index contributed by atoms with van der Waals surface area (Å²) in [4.78, 5) is 17.1. The number of rotatable bonds is 3. The van der Waals surface area contributed by atoms with Crippen molar-refractivity contribution in [2.75, 3.05) is 26.2 Å². The van der Waals surface area contributed by atoms with Gasteiger partial charge in [0.25, 0.3) is 5.91 Å². The largest absolute Gasteiger partial charge is 0.482 e. The van der Waals surface area contributed by atoms with E-state index in [9.17, 15) is 18.0 Å². The van der Waals surface area contributed by atoms with Crippen LogP contribution in [0, 0.1) is 0 Å². The van der Waals surface area contributed by atoms with E-state index in [0.717, 1.165) is 30.7 Å². The van der Waals surface area contributed by atoms with Gasteiger partial charge >= 0.3 is 6.18 Å². The van der Waals surface area contributed by atoms with Crippen LogP contribution in [0.3, 0.4) is 0 Å². The Morgan fingerprint density at radius 3 is 2.32 bits per heavy atom. The minimum Gasteiger partial charge on any atom is -0.482 e. The second-order valence-corrected chi connectivity index (χ2v) is 7.96. The van der Waals surface area contributed by atoms with Gasteiger partial charge in [0, 0.05) is 32.7 Å². The Morgan fingerprint density at radius 2 is 1.65 bits per heavy atom. The number of nitrogens with zero attached hydrogens (tertiary/aromatic N) is 2. The van der Waals surface area contributed by atoms with Crippen molar-refractivity contribution in [3.8, 4) is 11.5 Å². The van der Waals surface area contributed by atoms with Crippen LogP contribution in [0.1, 0.15) is 24.5 Å². The summed E-state index contributed by atoms with van der Waals surface area (Å²) >= 11 is 0. The maximum Gasteiger partial charge on any atom is 0.416 e. The lowest BCUT2D eigenvalue weighted by atomic mass is 10.1. The average Bonchev–Trinajstić information content (AvgIpc) is 2.98. The summed E-state index contributed by atoms with van der Waals surface area (Å²) in [6.07, 6.45) is -4.64. The first-order valence-corrected chi connectivity index (χ1v) is 10.4. The van der Waals surface area contributed by atoms with Gasteiger partial charge in [0.1, 0.15) is 6.10 Å². The Hall–Kier alpha value is -2.74. The van der Waals surface area contributed by atoms with Crippen molar-refractivity contribution in [2.24, 2.45) is 0 Å². The molecule has 8 heteroatoms. The molecular formula is C23H25F3N2O3. The second-order valence-electron chi connectivity index (χ2n) is 7.96. The quantitative estimate of drug-likeness (QED) is 0.733. The molecule has 0 bridgehead atoms. The third kappa shape index (κ3) is 4.95. The molecule has 0 N–H and O–H groups in total. The number of benzene rings is 2. The monoisotopic (exact) mass is 434 g/mol. The summed E-state index contributed by atoms with van der Waals surface area (Å²) in [5.74, 6) is 1.11. The van der Waals surface area contributed by atoms with Gasteiger partial charge in [-0.25, -0.2) is 0 Å². The fourth-order valence-corrected chi connectivity index (χ4v) is 3.98. The van der Waals surface area contributed by atoms with Crippen molar-refractivity contribution in [2.45, 2.75) is 38.3 Å². The Kier molecular flexibility index (Phi) is 6.09. The Labute approximate surface area is 179 Å². The molecule has 2 heterocycles. The zero-order valence-corrected chi connectivity index (χ0v) is 17.3. The van der Waals surface area contributed by atoms with Gasteiger partial charge < -0.3 is 14.4 Å². The van der Waals surface area contributed by atoms with E-state index in [2.05, 4.69) is 4.90 Å². The molecule has 1 fully saturated rings. The number of carbonyl (C=O) groups excluding carboxylic acids is 1. The van der Waals surface area contributed by atoms with Crippen LogP contribution in [0.25, 0.3) is 0 Å². The van der Waals surface area contributed by atoms with Crippen LogP contribution < -0.4 is 9.47 Å². The average molecular weight is 434 g/mol. The molecule has 0 saturated carbocycles. The molecule has 1 saturated heterocycles. The summed E-state index contributed by atoms with van der Waals surface area (Å²) in [5, 5.41) is 0. The van der Waals surface area contributed by atoms with Crippen molar-refractivity contribution in [1.82, 2.24) is 9.80 Å². The Bertz CT molecular complexity index is 917. The minimum atomic E-state index is -4.33. The van der Waals surface area contributed by atoms with E-state index >= 15 is 0 Å². The van der Waals surface area contributed by atoms with Crippen LogP contribution in [0.2, 0.25) is 0 Å². The van der Waals surface area contributed by atoms with Crippen LogP contribution >= 0.6 is 0 Å². The van der Waals surface area contributed by atoms with E-state index < -0.39 is 23.9 Å². The molecule has 0 radical (unpaired) electrons. The highest BCUT2D eigenvalue weighted by atomic mass is 19.4. The predicted octanol–water partition coefficient (Wildman–Crippen LogP) is 3.97. The van der Waals surface area contributed by atoms with Crippen LogP contribution in [-0.4, -0.2) is 54.1 Å². The molecule has 2 aromatic carbocycles. The van der Waals surface area contributed by atoms with E-state index in [1.165, 1.54) is 12.1 Å². The number of alkyl halides is 3. The number of fused-ring (bicyclic) bond motifs is 1. The first-order valence-electron chi connectivity index (χ1n) is 10.4. The van der Waals surface area contributed by atoms with Crippen LogP contribution in [-0.2, 0) is 17.5 Å². The highest BCUT2D eigenvalue weighted by Gasteiger charge is 2.37. The molecular weight excluding hydrogens is 409 g/mol. The van der Waals surface area contributed by atoms with Crippen molar-refractivity contribution >= 4 is 5.91 Å². The van der Waals surface area contributed by atoms with Crippen molar-refractivity contribution in [1.29, 1.82) is 0 Å². The minimum absolute atomic E-state index is 0.0987. The van der Waals surface area contributed by atoms with Gasteiger partial charge in [0.15, 0.2) is 11.5 Å². The topological polar surface area (TPSA) is 42.0 Å². The molecule has 2 aromatic rings. The fraction of sp³-hybridized carbons (Fsp3) is 0.435. The predicted molar refractivity (Wildman–Crippen MR) is 109 cm³/mol. The Morgan fingerprint density at radius 1 is 0.968 bits per heavy atom. The Balaban J connectivity index is 1.35. The van der Waals surface area contributed by atoms with Crippen LogP contribution in [0.5, 0.6) is 11.5 Å². The number of hydrogen-bond donors (Lipinski definition) is 0. The maximum atomic E-state index is 13.1. The highest BCUT2D eigenvalue weighted by Crippen LogP contribution is 2.34. The number of hydrogen-bond acceptors (Lipinski definition) is 4. The molecule has 0 aliphatic carbocycles. The standard InChI is InChI=1S/C23H25F3N2O3/c1-16-21(31-20-6-3-2-5-19(20)30-16)22(29)28-12-4-11-27(13-14-28)15-17-7-9-18(10-8-17)23(24,25)26/h2-3,5-10,16,21H,4,11-15H2,1H3. The maximum absolute atomic E-state index is 13.1. The van der Waals surface area contributed by atoms with E-state index in [1.54, 1.807) is 11.0 Å². The number of amides is 1. The van der Waals surface area contributed by atoms with Gasteiger partial charge in [-0.2, -0.15) is 13.2 Å². The van der Waals surface area contributed by atoms with Gasteiger partial charge in [-0.1, -0.05) is 24.3 Å². The third-order valence-electron chi connectivity index (χ3n) is 5.67. The van der Waals surface area contributed by atoms with Gasteiger partial charge in [0.05, 0.1) is 5.56 Å². The van der Waals surface area contributed by atoms with Crippen molar-refractivity contribution in [3.63, 3.8) is 0 Å². The number of carbonyl (C=O) groups is 1. The molecule has 166 valence electrons. The normalized spacial score (nSPS) is 22.1. The molecule has 1 amide bonds. The summed E-state index contributed by atoms with van der Waals surface area (Å²) in [6, 6.07) is 12.6. The summed E-state index contributed by atoms with van der Waals surface area (Å²) in [6.45, 7) is 4.93. The highest BCUT2D eigenvalue weighted by molar-refractivity contribution is 5.82. The van der Waals surface area contributed by atoms with E-state index in [4.69, 9.17) is 9.47 Å². The SMILES string of the molecule is CC1Oc2ccccc2OC1C(=O)N1CCCN(Cc2ccc(C(F)(F)F)cc2)CC1. The first kappa shape index (κ1) is 21.5. The van der Waals surface area contributed by atoms with Gasteiger partial charge in [-0.05, 0) is 43.2 Å². The fourth-order valence-electron chi connectivity index (χ4n) is 3.98. The third-order valence-corrected chi connectivity index (χ3v) is 5.67. The number of ether oxygens (including phenoxy) is 2. The van der Waals surface area contributed by atoms with Gasteiger partial charge in [-0.3, -0.25) is 9.69 Å². The zero-order chi connectivity index (χ0) is 22.0. The van der Waals surface area contributed by atoms with E-state index in [1.807, 2.05) is 25.1 Å². The van der Waals surface area contributed by atoms with Crippen LogP contribution in [0.15, 0.2) is 48.5 Å². The molecule has 2 unspecified atom stereocenters. The van der Waals surface area contributed by atoms with E-state index in [0.29, 0.717) is 37.7 Å². The zero-order valence-electron chi connectivity index (χ0n) is 17.3. The molecule has 0 spiro atoms. The van der Waals surface area contributed by atoms with Gasteiger partial charge in [-0.15, -0.1) is 0 Å². The molecule has 31 heavy (non-hydrogen) atoms. The first-order chi connectivity index (χ1) is 14.8. The summed E-state index contributed by atoms with van der Waals surface area (Å²) < 4.78 is 50.0. The summed E-state index contributed by atoms with van der Waals surface area (Å²) in [5.41, 5.74) is 0.177. The van der Waals surface area contributed by atoms with Crippen LogP contribution in [0.4, 0.5) is 13.2 Å².